The van der Waals surface area contributed by atoms with Gasteiger partial charge in [-0.05, 0) is 45.7 Å². The number of aliphatic hydroxyl groups excluding tert-OH is 1. The predicted octanol–water partition coefficient (Wildman–Crippen LogP) is 2.53. The van der Waals surface area contributed by atoms with Crippen molar-refractivity contribution in [3.05, 3.63) is 29.0 Å². The van der Waals surface area contributed by atoms with Gasteiger partial charge in [0.25, 0.3) is 0 Å². The molecule has 0 spiro atoms. The number of pyridine rings is 1. The van der Waals surface area contributed by atoms with E-state index < -0.39 is 23.4 Å². The minimum absolute atomic E-state index is 0.248. The fourth-order valence-corrected chi connectivity index (χ4v) is 2.61. The van der Waals surface area contributed by atoms with Crippen LogP contribution in [0, 0.1) is 0 Å². The summed E-state index contributed by atoms with van der Waals surface area (Å²) in [5, 5.41) is 21.6. The number of hydrogen-bond acceptors (Lipinski definition) is 5. The monoisotopic (exact) mass is 342 g/mol. The van der Waals surface area contributed by atoms with Crippen molar-refractivity contribution in [2.45, 2.75) is 50.9 Å². The summed E-state index contributed by atoms with van der Waals surface area (Å²) >= 11 is 5.78. The Kier molecular flexibility index (Phi) is 5.18. The van der Waals surface area contributed by atoms with E-state index in [-0.39, 0.29) is 12.8 Å². The van der Waals surface area contributed by atoms with Crippen LogP contribution >= 0.6 is 11.6 Å². The van der Waals surface area contributed by atoms with Crippen molar-refractivity contribution < 1.29 is 19.7 Å². The van der Waals surface area contributed by atoms with E-state index in [1.807, 2.05) is 0 Å². The minimum Gasteiger partial charge on any atom is -0.444 e. The first-order valence-electron chi connectivity index (χ1n) is 7.60. The molecular weight excluding hydrogens is 320 g/mol. The highest BCUT2D eigenvalue weighted by atomic mass is 35.5. The maximum absolute atomic E-state index is 12.0. The third kappa shape index (κ3) is 4.56. The van der Waals surface area contributed by atoms with Gasteiger partial charge in [0.1, 0.15) is 11.7 Å². The Balaban J connectivity index is 1.99. The van der Waals surface area contributed by atoms with Crippen LogP contribution in [0.25, 0.3) is 0 Å². The lowest BCUT2D eigenvalue weighted by molar-refractivity contribution is -0.112. The van der Waals surface area contributed by atoms with Crippen LogP contribution in [0.2, 0.25) is 5.02 Å². The lowest BCUT2D eigenvalue weighted by Crippen LogP contribution is -2.50. The maximum Gasteiger partial charge on any atom is 0.410 e. The van der Waals surface area contributed by atoms with E-state index in [1.165, 1.54) is 6.20 Å². The van der Waals surface area contributed by atoms with Gasteiger partial charge in [0.2, 0.25) is 0 Å². The van der Waals surface area contributed by atoms with Gasteiger partial charge in [-0.15, -0.1) is 0 Å². The molecular formula is C16H23ClN2O4. The number of amides is 1. The van der Waals surface area contributed by atoms with Gasteiger partial charge in [-0.25, -0.2) is 4.79 Å². The number of carbonyl (C=O) groups excluding carboxylic acids is 1. The summed E-state index contributed by atoms with van der Waals surface area (Å²) in [4.78, 5) is 17.6. The van der Waals surface area contributed by atoms with Crippen LogP contribution in [0.5, 0.6) is 0 Å². The van der Waals surface area contributed by atoms with Crippen LogP contribution in [0.3, 0.4) is 0 Å². The number of ether oxygens (including phenoxy) is 1. The van der Waals surface area contributed by atoms with Gasteiger partial charge in [0.15, 0.2) is 0 Å². The van der Waals surface area contributed by atoms with Gasteiger partial charge >= 0.3 is 6.09 Å². The van der Waals surface area contributed by atoms with Crippen LogP contribution in [0.15, 0.2) is 18.3 Å². The molecule has 128 valence electrons. The van der Waals surface area contributed by atoms with E-state index in [4.69, 9.17) is 16.3 Å². The average Bonchev–Trinajstić information content (AvgIpc) is 2.46. The number of nitrogens with zero attached hydrogens (tertiary/aromatic N) is 2. The van der Waals surface area contributed by atoms with Crippen LogP contribution in [0.1, 0.15) is 45.4 Å². The first kappa shape index (κ1) is 18.0. The molecule has 2 N–H and O–H groups in total. The van der Waals surface area contributed by atoms with E-state index in [1.54, 1.807) is 37.8 Å². The molecule has 1 aliphatic rings. The number of carbonyl (C=O) groups is 1. The summed E-state index contributed by atoms with van der Waals surface area (Å²) in [5.41, 5.74) is -1.51. The summed E-state index contributed by atoms with van der Waals surface area (Å²) < 4.78 is 5.32. The van der Waals surface area contributed by atoms with Crippen molar-refractivity contribution in [3.63, 3.8) is 0 Å². The Morgan fingerprint density at radius 3 is 2.48 bits per heavy atom. The Labute approximate surface area is 141 Å². The number of rotatable bonds is 2. The summed E-state index contributed by atoms with van der Waals surface area (Å²) in [6.07, 6.45) is 0.397. The van der Waals surface area contributed by atoms with Crippen LogP contribution in [0.4, 0.5) is 4.79 Å². The molecule has 1 amide bonds. The first-order chi connectivity index (χ1) is 10.6. The van der Waals surface area contributed by atoms with Crippen molar-refractivity contribution in [1.29, 1.82) is 0 Å². The number of halogens is 1. The molecule has 1 atom stereocenters. The number of aromatic nitrogens is 1. The second-order valence-corrected chi connectivity index (χ2v) is 7.31. The summed E-state index contributed by atoms with van der Waals surface area (Å²) in [5.74, 6) is 0. The fraction of sp³-hybridized carbons (Fsp3) is 0.625. The molecule has 0 aliphatic carbocycles. The lowest BCUT2D eigenvalue weighted by Gasteiger charge is -2.40. The Morgan fingerprint density at radius 2 is 2.00 bits per heavy atom. The zero-order valence-electron chi connectivity index (χ0n) is 13.6. The van der Waals surface area contributed by atoms with E-state index >= 15 is 0 Å². The summed E-state index contributed by atoms with van der Waals surface area (Å²) in [7, 11) is 0. The second kappa shape index (κ2) is 6.63. The van der Waals surface area contributed by atoms with Crippen LogP contribution < -0.4 is 0 Å². The molecule has 1 fully saturated rings. The van der Waals surface area contributed by atoms with Crippen molar-refractivity contribution >= 4 is 17.7 Å². The molecule has 1 saturated heterocycles. The normalized spacial score (nSPS) is 19.3. The third-order valence-corrected chi connectivity index (χ3v) is 4.04. The Bertz CT molecular complexity index is 548. The van der Waals surface area contributed by atoms with Gasteiger partial charge in [0.05, 0.1) is 16.3 Å². The fourth-order valence-electron chi connectivity index (χ4n) is 2.50. The molecule has 0 bridgehead atoms. The zero-order valence-corrected chi connectivity index (χ0v) is 14.4. The third-order valence-electron chi connectivity index (χ3n) is 3.82. The van der Waals surface area contributed by atoms with E-state index in [2.05, 4.69) is 4.98 Å². The minimum atomic E-state index is -1.32. The number of likely N-dealkylation sites (tertiary alicyclic amines) is 1. The molecule has 0 aromatic carbocycles. The molecule has 23 heavy (non-hydrogen) atoms. The lowest BCUT2D eigenvalue weighted by atomic mass is 9.84. The van der Waals surface area contributed by atoms with Gasteiger partial charge in [-0.3, -0.25) is 4.98 Å². The molecule has 1 aliphatic heterocycles. The smallest absolute Gasteiger partial charge is 0.410 e. The number of piperidine rings is 1. The highest BCUT2D eigenvalue weighted by Gasteiger charge is 2.42. The van der Waals surface area contributed by atoms with E-state index in [0.29, 0.717) is 23.8 Å². The Morgan fingerprint density at radius 1 is 1.39 bits per heavy atom. The predicted molar refractivity (Wildman–Crippen MR) is 86.2 cm³/mol. The highest BCUT2D eigenvalue weighted by molar-refractivity contribution is 6.30. The van der Waals surface area contributed by atoms with Crippen molar-refractivity contribution in [2.24, 2.45) is 0 Å². The summed E-state index contributed by atoms with van der Waals surface area (Å²) in [6, 6.07) is 3.21. The van der Waals surface area contributed by atoms with Gasteiger partial charge in [-0.1, -0.05) is 11.6 Å². The average molecular weight is 343 g/mol. The van der Waals surface area contributed by atoms with Gasteiger partial charge < -0.3 is 19.8 Å². The maximum atomic E-state index is 12.0. The van der Waals surface area contributed by atoms with Crippen LogP contribution in [-0.4, -0.2) is 50.5 Å². The SMILES string of the molecule is CC(C)(C)OC(=O)N1CCC(O)([C@H](O)c2ccc(Cl)cn2)CC1. The van der Waals surface area contributed by atoms with Gasteiger partial charge in [0, 0.05) is 19.3 Å². The summed E-state index contributed by atoms with van der Waals surface area (Å²) in [6.45, 7) is 6.05. The molecule has 1 aromatic rings. The molecule has 0 unspecified atom stereocenters. The second-order valence-electron chi connectivity index (χ2n) is 6.87. The molecule has 7 heteroatoms. The quantitative estimate of drug-likeness (QED) is 0.863. The molecule has 0 radical (unpaired) electrons. The Hall–Kier alpha value is -1.37. The van der Waals surface area contributed by atoms with E-state index in [0.717, 1.165) is 0 Å². The van der Waals surface area contributed by atoms with E-state index in [9.17, 15) is 15.0 Å². The first-order valence-corrected chi connectivity index (χ1v) is 7.98. The molecule has 1 aromatic heterocycles. The molecule has 0 saturated carbocycles. The standard InChI is InChI=1S/C16H23ClN2O4/c1-15(2,3)23-14(21)19-8-6-16(22,7-9-19)13(20)12-5-4-11(17)10-18-12/h4-5,10,13,20,22H,6-9H2,1-3H3/t13-/m1/s1. The zero-order chi connectivity index (χ0) is 17.3. The van der Waals surface area contributed by atoms with Crippen molar-refractivity contribution in [3.8, 4) is 0 Å². The van der Waals surface area contributed by atoms with Gasteiger partial charge in [-0.2, -0.15) is 0 Å². The highest BCUT2D eigenvalue weighted by Crippen LogP contribution is 2.34. The van der Waals surface area contributed by atoms with Crippen molar-refractivity contribution in [1.82, 2.24) is 9.88 Å². The number of aliphatic hydroxyl groups is 2. The number of hydrogen-bond donors (Lipinski definition) is 2. The molecule has 2 rings (SSSR count). The topological polar surface area (TPSA) is 82.9 Å². The molecule has 6 nitrogen and oxygen atoms in total. The largest absolute Gasteiger partial charge is 0.444 e. The van der Waals surface area contributed by atoms with Crippen molar-refractivity contribution in [2.75, 3.05) is 13.1 Å². The van der Waals surface area contributed by atoms with Crippen LogP contribution in [-0.2, 0) is 4.74 Å². The molecule has 2 heterocycles.